The van der Waals surface area contributed by atoms with Gasteiger partial charge in [0.25, 0.3) is 0 Å². The van der Waals surface area contributed by atoms with Gasteiger partial charge in [-0.2, -0.15) is 0 Å². The third-order valence-corrected chi connectivity index (χ3v) is 8.08. The van der Waals surface area contributed by atoms with Crippen LogP contribution in [0.5, 0.6) is 0 Å². The van der Waals surface area contributed by atoms with Gasteiger partial charge in [0.15, 0.2) is 0 Å². The molecule has 10 heteroatoms. The minimum Gasteiger partial charge on any atom is -0.467 e. The lowest BCUT2D eigenvalue weighted by Gasteiger charge is -2.30. The van der Waals surface area contributed by atoms with Gasteiger partial charge in [-0.3, -0.25) is 19.8 Å². The van der Waals surface area contributed by atoms with Crippen LogP contribution < -0.4 is 16.8 Å². The number of aliphatic imine (C=N–C) groups is 3. The van der Waals surface area contributed by atoms with Crippen LogP contribution in [0.25, 0.3) is 0 Å². The van der Waals surface area contributed by atoms with E-state index in [0.717, 1.165) is 70.4 Å². The van der Waals surface area contributed by atoms with Crippen molar-refractivity contribution < 1.29 is 14.3 Å². The molecule has 1 saturated carbocycles. The molecule has 1 aliphatic rings. The van der Waals surface area contributed by atoms with E-state index in [4.69, 9.17) is 16.2 Å². The maximum atomic E-state index is 12.9. The van der Waals surface area contributed by atoms with Gasteiger partial charge in [-0.05, 0) is 96.7 Å². The zero-order valence-corrected chi connectivity index (χ0v) is 26.6. The van der Waals surface area contributed by atoms with Crippen molar-refractivity contribution in [2.75, 3.05) is 40.8 Å². The van der Waals surface area contributed by atoms with E-state index in [1.807, 2.05) is 25.2 Å². The van der Waals surface area contributed by atoms with Crippen molar-refractivity contribution in [1.82, 2.24) is 10.2 Å². The van der Waals surface area contributed by atoms with Crippen molar-refractivity contribution in [1.29, 1.82) is 0 Å². The molecule has 41 heavy (non-hydrogen) atoms. The highest BCUT2D eigenvalue weighted by molar-refractivity contribution is 5.81. The molecule has 0 aromatic rings. The fourth-order valence-corrected chi connectivity index (χ4v) is 5.46. The third kappa shape index (κ3) is 17.2. The summed E-state index contributed by atoms with van der Waals surface area (Å²) in [4.78, 5) is 39.8. The van der Waals surface area contributed by atoms with Gasteiger partial charge in [-0.25, -0.2) is 4.79 Å². The molecule has 236 valence electrons. The highest BCUT2D eigenvalue weighted by Crippen LogP contribution is 2.33. The lowest BCUT2D eigenvalue weighted by Crippen LogP contribution is -2.44. The first-order chi connectivity index (χ1) is 19.7. The number of unbranched alkanes of at least 4 members (excludes halogenated alkanes) is 3. The minimum absolute atomic E-state index is 0.134. The Kier molecular flexibility index (Phi) is 19.7. The number of nitrogens with zero attached hydrogens (tertiary/aromatic N) is 4. The molecule has 0 saturated heterocycles. The molecule has 1 aliphatic carbocycles. The van der Waals surface area contributed by atoms with Crippen molar-refractivity contribution >= 4 is 29.8 Å². The summed E-state index contributed by atoms with van der Waals surface area (Å²) in [6.45, 7) is 5.81. The number of hydrogen-bond acceptors (Lipinski definition) is 7. The molecule has 1 amide bonds. The average molecular weight is 578 g/mol. The molecule has 0 heterocycles. The molecule has 1 rings (SSSR count). The maximum Gasteiger partial charge on any atom is 0.330 e. The summed E-state index contributed by atoms with van der Waals surface area (Å²) >= 11 is 0. The maximum absolute atomic E-state index is 12.9. The molecule has 2 unspecified atom stereocenters. The monoisotopic (exact) mass is 577 g/mol. The number of methoxy groups -OCH3 is 1. The molecule has 0 aliphatic heterocycles. The Labute approximate surface area is 249 Å². The predicted molar refractivity (Wildman–Crippen MR) is 171 cm³/mol. The van der Waals surface area contributed by atoms with Crippen LogP contribution in [0.3, 0.4) is 0 Å². The van der Waals surface area contributed by atoms with Crippen molar-refractivity contribution in [2.24, 2.45) is 38.3 Å². The van der Waals surface area contributed by atoms with Crippen LogP contribution in [0.1, 0.15) is 104 Å². The third-order valence-electron chi connectivity index (χ3n) is 8.08. The van der Waals surface area contributed by atoms with Gasteiger partial charge >= 0.3 is 5.97 Å². The van der Waals surface area contributed by atoms with Gasteiger partial charge < -0.3 is 26.4 Å². The van der Waals surface area contributed by atoms with Gasteiger partial charge in [0, 0.05) is 26.7 Å². The second kappa shape index (κ2) is 22.2. The Morgan fingerprint density at radius 1 is 0.927 bits per heavy atom. The van der Waals surface area contributed by atoms with Crippen molar-refractivity contribution in [3.63, 3.8) is 0 Å². The van der Waals surface area contributed by atoms with E-state index in [9.17, 15) is 9.59 Å². The van der Waals surface area contributed by atoms with Gasteiger partial charge in [-0.15, -0.1) is 0 Å². The van der Waals surface area contributed by atoms with Gasteiger partial charge in [0.1, 0.15) is 6.04 Å². The summed E-state index contributed by atoms with van der Waals surface area (Å²) in [5.74, 6) is 2.59. The average Bonchev–Trinajstić information content (AvgIpc) is 2.95. The van der Waals surface area contributed by atoms with Crippen LogP contribution in [-0.4, -0.2) is 87.6 Å². The molecule has 10 nitrogen and oxygen atoms in total. The van der Waals surface area contributed by atoms with Crippen molar-refractivity contribution in [2.45, 2.75) is 116 Å². The number of esters is 1. The topological polar surface area (TPSA) is 148 Å². The Morgan fingerprint density at radius 2 is 1.49 bits per heavy atom. The molecular formula is C31H59N7O3. The number of ether oxygens (including phenoxy) is 1. The van der Waals surface area contributed by atoms with E-state index in [1.165, 1.54) is 39.2 Å². The lowest BCUT2D eigenvalue weighted by atomic mass is 9.78. The number of carbonyl (C=O) groups excluding carboxylic acids is 2. The minimum atomic E-state index is -0.424. The highest BCUT2D eigenvalue weighted by Gasteiger charge is 2.24. The molecule has 0 aromatic heterocycles. The number of nitrogens with two attached hydrogens (primary N) is 2. The molecule has 0 bridgehead atoms. The van der Waals surface area contributed by atoms with Gasteiger partial charge in [-0.1, -0.05) is 32.1 Å². The van der Waals surface area contributed by atoms with Gasteiger partial charge in [0.05, 0.1) is 24.8 Å². The molecule has 0 radical (unpaired) electrons. The second-order valence-corrected chi connectivity index (χ2v) is 11.6. The summed E-state index contributed by atoms with van der Waals surface area (Å²) in [5.41, 5.74) is 11.1. The fourth-order valence-electron chi connectivity index (χ4n) is 5.46. The number of amidine groups is 2. The van der Waals surface area contributed by atoms with E-state index in [2.05, 4.69) is 20.3 Å². The Bertz CT molecular complexity index is 815. The standard InChI is InChI=1S/C31H59N7O3/c1-24(32)35-20-10-7-13-28(34-3)30(39)38(4)23-19-27-17-15-26(16-18-27)12-6-9-22-37-29(31(40)41-5)14-8-11-21-36-25(2)33/h22,26-29,34H,6-21,23H2,1-5H3,(H2,32,35)(H2,33,36). The van der Waals surface area contributed by atoms with E-state index < -0.39 is 6.04 Å². The van der Waals surface area contributed by atoms with E-state index in [1.54, 1.807) is 13.8 Å². The number of nitrogens with one attached hydrogen (secondary N) is 1. The first-order valence-corrected chi connectivity index (χ1v) is 15.7. The quantitative estimate of drug-likeness (QED) is 0.0809. The SMILES string of the molecule is CNC(CCCCN=C(C)N)C(=O)N(C)CCC1CCC(CCCC=NC(CCCCN=C(C)N)C(=O)OC)CC1. The van der Waals surface area contributed by atoms with Crippen LogP contribution in [0.4, 0.5) is 0 Å². The number of amides is 1. The summed E-state index contributed by atoms with van der Waals surface area (Å²) in [7, 11) is 5.22. The van der Waals surface area contributed by atoms with Crippen LogP contribution in [0.15, 0.2) is 15.0 Å². The summed E-state index contributed by atoms with van der Waals surface area (Å²) in [5, 5.41) is 3.19. The molecule has 2 atom stereocenters. The van der Waals surface area contributed by atoms with Crippen LogP contribution in [-0.2, 0) is 14.3 Å². The molecule has 0 aromatic carbocycles. The summed E-state index contributed by atoms with van der Waals surface area (Å²) < 4.78 is 4.93. The smallest absolute Gasteiger partial charge is 0.330 e. The Hall–Kier alpha value is -2.49. The predicted octanol–water partition coefficient (Wildman–Crippen LogP) is 4.11. The molecule has 5 N–H and O–H groups in total. The number of rotatable bonds is 21. The van der Waals surface area contributed by atoms with E-state index in [-0.39, 0.29) is 17.9 Å². The molecule has 1 fully saturated rings. The van der Waals surface area contributed by atoms with Crippen molar-refractivity contribution in [3.8, 4) is 0 Å². The first-order valence-electron chi connectivity index (χ1n) is 15.7. The van der Waals surface area contributed by atoms with Crippen LogP contribution >= 0.6 is 0 Å². The number of carbonyl (C=O) groups is 2. The van der Waals surface area contributed by atoms with Crippen LogP contribution in [0, 0.1) is 11.8 Å². The van der Waals surface area contributed by atoms with Crippen LogP contribution in [0.2, 0.25) is 0 Å². The summed E-state index contributed by atoms with van der Waals surface area (Å²) in [6, 6.07) is -0.558. The van der Waals surface area contributed by atoms with Crippen molar-refractivity contribution in [3.05, 3.63) is 0 Å². The number of hydrogen-bond donors (Lipinski definition) is 3. The van der Waals surface area contributed by atoms with Gasteiger partial charge in [0.2, 0.25) is 5.91 Å². The zero-order chi connectivity index (χ0) is 30.5. The van der Waals surface area contributed by atoms with E-state index in [0.29, 0.717) is 30.6 Å². The first kappa shape index (κ1) is 36.5. The normalized spacial score (nSPS) is 19.7. The Morgan fingerprint density at radius 3 is 2.02 bits per heavy atom. The lowest BCUT2D eigenvalue weighted by molar-refractivity contribution is -0.142. The highest BCUT2D eigenvalue weighted by atomic mass is 16.5. The molecular weight excluding hydrogens is 518 g/mol. The number of likely N-dealkylation sites (N-methyl/N-ethyl adjacent to an activating group) is 2. The Balaban J connectivity index is 2.26. The second-order valence-electron chi connectivity index (χ2n) is 11.6. The largest absolute Gasteiger partial charge is 0.467 e. The molecule has 0 spiro atoms. The zero-order valence-electron chi connectivity index (χ0n) is 26.6. The fraction of sp³-hybridized carbons (Fsp3) is 0.839. The summed E-state index contributed by atoms with van der Waals surface area (Å²) in [6.07, 6.45) is 16.3. The van der Waals surface area contributed by atoms with E-state index >= 15 is 0 Å².